The maximum absolute atomic E-state index is 13.5. The third kappa shape index (κ3) is 4.17. The molecule has 1 aromatic carbocycles. The molecule has 0 aliphatic carbocycles. The Morgan fingerprint density at radius 1 is 1.48 bits per heavy atom. The van der Waals surface area contributed by atoms with Crippen molar-refractivity contribution < 1.29 is 14.3 Å². The highest BCUT2D eigenvalue weighted by atomic mass is 35.5. The van der Waals surface area contributed by atoms with Crippen LogP contribution in [0.15, 0.2) is 35.0 Å². The molecule has 112 valence electrons. The topological polar surface area (TPSA) is 61.4 Å². The van der Waals surface area contributed by atoms with Gasteiger partial charge < -0.3 is 15.7 Å². The smallest absolute Gasteiger partial charge is 0.319 e. The highest BCUT2D eigenvalue weighted by molar-refractivity contribution is 7.08. The van der Waals surface area contributed by atoms with Gasteiger partial charge in [0.05, 0.1) is 12.2 Å². The third-order valence-electron chi connectivity index (χ3n) is 2.91. The first-order valence-corrected chi connectivity index (χ1v) is 7.45. The van der Waals surface area contributed by atoms with Crippen molar-refractivity contribution in [1.29, 1.82) is 0 Å². The maximum Gasteiger partial charge on any atom is 0.319 e. The zero-order valence-electron chi connectivity index (χ0n) is 11.2. The molecule has 2 aromatic rings. The van der Waals surface area contributed by atoms with Crippen molar-refractivity contribution in [2.75, 3.05) is 11.9 Å². The van der Waals surface area contributed by atoms with Crippen LogP contribution in [0.4, 0.5) is 14.9 Å². The SMILES string of the molecule is C[C@](O)(CNC(=O)Nc1cc(Cl)ccc1F)c1ccsc1. The van der Waals surface area contributed by atoms with E-state index in [0.717, 1.165) is 0 Å². The Balaban J connectivity index is 1.95. The maximum atomic E-state index is 13.5. The van der Waals surface area contributed by atoms with Gasteiger partial charge >= 0.3 is 6.03 Å². The molecule has 0 saturated heterocycles. The number of rotatable bonds is 4. The number of amides is 2. The lowest BCUT2D eigenvalue weighted by Gasteiger charge is -2.22. The van der Waals surface area contributed by atoms with E-state index < -0.39 is 17.4 Å². The van der Waals surface area contributed by atoms with E-state index in [9.17, 15) is 14.3 Å². The Morgan fingerprint density at radius 3 is 2.90 bits per heavy atom. The van der Waals surface area contributed by atoms with E-state index in [1.54, 1.807) is 18.4 Å². The molecule has 0 aliphatic rings. The number of thiophene rings is 1. The quantitative estimate of drug-likeness (QED) is 0.803. The average molecular weight is 329 g/mol. The number of hydrogen-bond donors (Lipinski definition) is 3. The Kier molecular flexibility index (Phi) is 4.82. The van der Waals surface area contributed by atoms with Crippen molar-refractivity contribution in [2.45, 2.75) is 12.5 Å². The summed E-state index contributed by atoms with van der Waals surface area (Å²) >= 11 is 7.19. The molecule has 0 spiro atoms. The van der Waals surface area contributed by atoms with Gasteiger partial charge in [0, 0.05) is 5.02 Å². The standard InChI is InChI=1S/C14H14ClFN2O2S/c1-14(20,9-4-5-21-7-9)8-17-13(19)18-12-6-10(15)2-3-11(12)16/h2-7,20H,8H2,1H3,(H2,17,18,19)/t14-/m0/s1. The highest BCUT2D eigenvalue weighted by Crippen LogP contribution is 2.22. The number of nitrogens with one attached hydrogen (secondary N) is 2. The van der Waals surface area contributed by atoms with E-state index in [4.69, 9.17) is 11.6 Å². The summed E-state index contributed by atoms with van der Waals surface area (Å²) in [5.41, 5.74) is -0.499. The van der Waals surface area contributed by atoms with Crippen LogP contribution in [0.5, 0.6) is 0 Å². The Bertz CT molecular complexity index is 632. The van der Waals surface area contributed by atoms with Crippen molar-refractivity contribution in [3.63, 3.8) is 0 Å². The van der Waals surface area contributed by atoms with Crippen LogP contribution in [0.1, 0.15) is 12.5 Å². The first-order valence-electron chi connectivity index (χ1n) is 6.13. The largest absolute Gasteiger partial charge is 0.384 e. The van der Waals surface area contributed by atoms with Gasteiger partial charge in [-0.15, -0.1) is 0 Å². The molecule has 0 radical (unpaired) electrons. The van der Waals surface area contributed by atoms with Crippen LogP contribution in [0.3, 0.4) is 0 Å². The van der Waals surface area contributed by atoms with Crippen molar-refractivity contribution in [3.8, 4) is 0 Å². The number of carbonyl (C=O) groups is 1. The fraction of sp³-hybridized carbons (Fsp3) is 0.214. The molecule has 1 aromatic heterocycles. The van der Waals surface area contributed by atoms with E-state index in [2.05, 4.69) is 10.6 Å². The summed E-state index contributed by atoms with van der Waals surface area (Å²) in [6.45, 7) is 1.59. The number of halogens is 2. The normalized spacial score (nSPS) is 13.5. The molecule has 4 nitrogen and oxygen atoms in total. The second-order valence-corrected chi connectivity index (χ2v) is 5.93. The second-order valence-electron chi connectivity index (χ2n) is 4.72. The number of urea groups is 1. The lowest BCUT2D eigenvalue weighted by molar-refractivity contribution is 0.0604. The summed E-state index contributed by atoms with van der Waals surface area (Å²) in [5.74, 6) is -0.584. The molecule has 0 aliphatic heterocycles. The molecular weight excluding hydrogens is 315 g/mol. The van der Waals surface area contributed by atoms with E-state index in [0.29, 0.717) is 10.6 Å². The predicted octanol–water partition coefficient (Wildman–Crippen LogP) is 3.57. The van der Waals surface area contributed by atoms with Crippen LogP contribution < -0.4 is 10.6 Å². The number of benzene rings is 1. The van der Waals surface area contributed by atoms with Gasteiger partial charge in [-0.05, 0) is 47.5 Å². The summed E-state index contributed by atoms with van der Waals surface area (Å²) in [7, 11) is 0. The lowest BCUT2D eigenvalue weighted by atomic mass is 9.99. The first kappa shape index (κ1) is 15.8. The zero-order chi connectivity index (χ0) is 15.5. The van der Waals surface area contributed by atoms with Crippen molar-refractivity contribution >= 4 is 34.7 Å². The van der Waals surface area contributed by atoms with Gasteiger partial charge in [-0.3, -0.25) is 0 Å². The van der Waals surface area contributed by atoms with Gasteiger partial charge in [-0.1, -0.05) is 11.6 Å². The van der Waals surface area contributed by atoms with Gasteiger partial charge in [-0.25, -0.2) is 9.18 Å². The summed E-state index contributed by atoms with van der Waals surface area (Å²) in [5, 5.41) is 19.1. The molecule has 1 atom stereocenters. The van der Waals surface area contributed by atoms with Crippen LogP contribution in [-0.2, 0) is 5.60 Å². The molecular formula is C14H14ClFN2O2S. The van der Waals surface area contributed by atoms with Gasteiger partial charge in [0.1, 0.15) is 11.4 Å². The van der Waals surface area contributed by atoms with Crippen LogP contribution in [0, 0.1) is 5.82 Å². The highest BCUT2D eigenvalue weighted by Gasteiger charge is 2.24. The minimum atomic E-state index is -1.19. The number of anilines is 1. The Hall–Kier alpha value is -1.63. The van der Waals surface area contributed by atoms with E-state index in [1.807, 2.05) is 5.38 Å². The van der Waals surface area contributed by atoms with Crippen LogP contribution in [-0.4, -0.2) is 17.7 Å². The fourth-order valence-corrected chi connectivity index (χ4v) is 2.64. The number of hydrogen-bond acceptors (Lipinski definition) is 3. The van der Waals surface area contributed by atoms with Crippen molar-refractivity contribution in [2.24, 2.45) is 0 Å². The molecule has 2 amide bonds. The molecule has 7 heteroatoms. The number of carbonyl (C=O) groups excluding carboxylic acids is 1. The van der Waals surface area contributed by atoms with Crippen molar-refractivity contribution in [3.05, 3.63) is 51.4 Å². The molecule has 0 bridgehead atoms. The predicted molar refractivity (Wildman–Crippen MR) is 82.3 cm³/mol. The Labute approximate surface area is 130 Å². The average Bonchev–Trinajstić information content (AvgIpc) is 2.96. The van der Waals surface area contributed by atoms with Crippen LogP contribution in [0.25, 0.3) is 0 Å². The second kappa shape index (κ2) is 6.43. The molecule has 21 heavy (non-hydrogen) atoms. The molecule has 0 fully saturated rings. The monoisotopic (exact) mass is 328 g/mol. The minimum Gasteiger partial charge on any atom is -0.384 e. The zero-order valence-corrected chi connectivity index (χ0v) is 12.8. The third-order valence-corrected chi connectivity index (χ3v) is 3.83. The molecule has 1 heterocycles. The summed E-state index contributed by atoms with van der Waals surface area (Å²) in [4.78, 5) is 11.8. The van der Waals surface area contributed by atoms with Gasteiger partial charge in [0.2, 0.25) is 0 Å². The van der Waals surface area contributed by atoms with Gasteiger partial charge in [0.15, 0.2) is 0 Å². The summed E-state index contributed by atoms with van der Waals surface area (Å²) in [6, 6.07) is 5.03. The molecule has 3 N–H and O–H groups in total. The molecule has 0 unspecified atom stereocenters. The van der Waals surface area contributed by atoms with Crippen LogP contribution in [0.2, 0.25) is 5.02 Å². The summed E-state index contributed by atoms with van der Waals surface area (Å²) < 4.78 is 13.5. The number of aliphatic hydroxyl groups is 1. The van der Waals surface area contributed by atoms with E-state index in [-0.39, 0.29) is 12.2 Å². The summed E-state index contributed by atoms with van der Waals surface area (Å²) in [6.07, 6.45) is 0. The molecule has 2 rings (SSSR count). The van der Waals surface area contributed by atoms with Crippen molar-refractivity contribution in [1.82, 2.24) is 5.32 Å². The van der Waals surface area contributed by atoms with Crippen LogP contribution >= 0.6 is 22.9 Å². The van der Waals surface area contributed by atoms with Gasteiger partial charge in [-0.2, -0.15) is 11.3 Å². The molecule has 0 saturated carbocycles. The van der Waals surface area contributed by atoms with Gasteiger partial charge in [0.25, 0.3) is 0 Å². The minimum absolute atomic E-state index is 0.00223. The lowest BCUT2D eigenvalue weighted by Crippen LogP contribution is -2.40. The first-order chi connectivity index (χ1) is 9.88. The van der Waals surface area contributed by atoms with E-state index >= 15 is 0 Å². The van der Waals surface area contributed by atoms with E-state index in [1.165, 1.54) is 29.5 Å². The Morgan fingerprint density at radius 2 is 2.24 bits per heavy atom. The fourth-order valence-electron chi connectivity index (χ4n) is 1.69.